The van der Waals surface area contributed by atoms with Crippen molar-refractivity contribution in [2.45, 2.75) is 32.6 Å². The molecule has 0 amide bonds. The molecular weight excluding hydrogens is 329 g/mol. The van der Waals surface area contributed by atoms with Crippen LogP contribution in [0, 0.1) is 0 Å². The molecule has 0 N–H and O–H groups in total. The summed E-state index contributed by atoms with van der Waals surface area (Å²) in [6.45, 7) is 4.01. The van der Waals surface area contributed by atoms with Gasteiger partial charge < -0.3 is 4.74 Å². The Morgan fingerprint density at radius 3 is 2.87 bits per heavy atom. The lowest BCUT2D eigenvalue weighted by Crippen LogP contribution is -2.31. The maximum Gasteiger partial charge on any atom is 0.443 e. The molecule has 1 aliphatic rings. The predicted octanol–water partition coefficient (Wildman–Crippen LogP) is 2.91. The fourth-order valence-corrected chi connectivity index (χ4v) is 3.18. The van der Waals surface area contributed by atoms with Gasteiger partial charge in [-0.15, -0.1) is 11.3 Å². The molecule has 0 bridgehead atoms. The molecule has 0 saturated heterocycles. The highest BCUT2D eigenvalue weighted by molar-refractivity contribution is 7.09. The Kier molecular flexibility index (Phi) is 4.49. The molecule has 3 heterocycles. The van der Waals surface area contributed by atoms with E-state index in [-0.39, 0.29) is 0 Å². The van der Waals surface area contributed by atoms with Gasteiger partial charge in [0, 0.05) is 37.0 Å². The summed E-state index contributed by atoms with van der Waals surface area (Å²) in [7, 11) is 0. The van der Waals surface area contributed by atoms with Crippen molar-refractivity contribution in [2.24, 2.45) is 0 Å². The van der Waals surface area contributed by atoms with Crippen LogP contribution in [0.3, 0.4) is 0 Å². The maximum absolute atomic E-state index is 12.6. The zero-order valence-electron chi connectivity index (χ0n) is 12.4. The number of hydrogen-bond donors (Lipinski definition) is 0. The van der Waals surface area contributed by atoms with Gasteiger partial charge in [-0.1, -0.05) is 0 Å². The molecule has 0 unspecified atom stereocenters. The number of fused-ring (bicyclic) bond motifs is 1. The summed E-state index contributed by atoms with van der Waals surface area (Å²) >= 11 is 0.630. The lowest BCUT2D eigenvalue weighted by atomic mass is 10.1. The van der Waals surface area contributed by atoms with Crippen LogP contribution in [0.1, 0.15) is 28.9 Å². The van der Waals surface area contributed by atoms with Gasteiger partial charge in [-0.3, -0.25) is 4.90 Å². The summed E-state index contributed by atoms with van der Waals surface area (Å²) in [5.41, 5.74) is 2.28. The number of alkyl halides is 3. The van der Waals surface area contributed by atoms with E-state index in [1.54, 1.807) is 0 Å². The molecule has 3 rings (SSSR count). The van der Waals surface area contributed by atoms with Crippen LogP contribution in [0.4, 0.5) is 13.2 Å². The Morgan fingerprint density at radius 2 is 2.17 bits per heavy atom. The standard InChI is InChI=1S/C14H15F3N4OS/c1-2-22-12-10-6-21(4-3-11(10)18-8-19-12)5-9-7-23-13(20-9)14(15,16)17/h7-8H,2-6H2,1H3. The van der Waals surface area contributed by atoms with Crippen LogP contribution in [-0.2, 0) is 25.7 Å². The molecule has 0 fully saturated rings. The van der Waals surface area contributed by atoms with Crippen molar-refractivity contribution >= 4 is 11.3 Å². The average Bonchev–Trinajstić information content (AvgIpc) is 2.97. The fourth-order valence-electron chi connectivity index (χ4n) is 2.51. The van der Waals surface area contributed by atoms with Crippen molar-refractivity contribution < 1.29 is 17.9 Å². The first-order valence-corrected chi connectivity index (χ1v) is 8.05. The zero-order valence-corrected chi connectivity index (χ0v) is 13.2. The number of ether oxygens (including phenoxy) is 1. The highest BCUT2D eigenvalue weighted by Crippen LogP contribution is 2.32. The Labute approximate surface area is 135 Å². The molecule has 0 saturated carbocycles. The second-order valence-electron chi connectivity index (χ2n) is 5.14. The normalized spacial score (nSPS) is 15.5. The van der Waals surface area contributed by atoms with Crippen molar-refractivity contribution in [1.29, 1.82) is 0 Å². The van der Waals surface area contributed by atoms with Gasteiger partial charge in [0.1, 0.15) is 6.33 Å². The van der Waals surface area contributed by atoms with E-state index in [2.05, 4.69) is 15.0 Å². The van der Waals surface area contributed by atoms with Gasteiger partial charge in [-0.05, 0) is 6.92 Å². The molecule has 124 valence electrons. The highest BCUT2D eigenvalue weighted by Gasteiger charge is 2.34. The summed E-state index contributed by atoms with van der Waals surface area (Å²) in [4.78, 5) is 14.1. The quantitative estimate of drug-likeness (QED) is 0.854. The van der Waals surface area contributed by atoms with Crippen LogP contribution in [0.5, 0.6) is 5.88 Å². The van der Waals surface area contributed by atoms with Crippen molar-refractivity contribution in [3.63, 3.8) is 0 Å². The first-order chi connectivity index (χ1) is 11.0. The number of halogens is 3. The Hall–Kier alpha value is -1.74. The molecule has 1 aliphatic heterocycles. The minimum Gasteiger partial charge on any atom is -0.478 e. The first-order valence-electron chi connectivity index (χ1n) is 7.17. The fraction of sp³-hybridized carbons (Fsp3) is 0.500. The van der Waals surface area contributed by atoms with Gasteiger partial charge >= 0.3 is 6.18 Å². The Morgan fingerprint density at radius 1 is 1.35 bits per heavy atom. The van der Waals surface area contributed by atoms with Crippen LogP contribution in [0.15, 0.2) is 11.7 Å². The minimum absolute atomic E-state index is 0.368. The monoisotopic (exact) mass is 344 g/mol. The largest absolute Gasteiger partial charge is 0.478 e. The van der Waals surface area contributed by atoms with Crippen LogP contribution >= 0.6 is 11.3 Å². The Balaban J connectivity index is 1.73. The van der Waals surface area contributed by atoms with Gasteiger partial charge in [0.05, 0.1) is 18.0 Å². The molecule has 2 aromatic rings. The zero-order chi connectivity index (χ0) is 16.4. The van der Waals surface area contributed by atoms with Crippen molar-refractivity contribution in [3.8, 4) is 5.88 Å². The van der Waals surface area contributed by atoms with Crippen molar-refractivity contribution in [2.75, 3.05) is 13.2 Å². The lowest BCUT2D eigenvalue weighted by Gasteiger charge is -2.28. The Bertz CT molecular complexity index is 689. The van der Waals surface area contributed by atoms with Gasteiger partial charge in [-0.25, -0.2) is 15.0 Å². The third-order valence-corrected chi connectivity index (χ3v) is 4.44. The summed E-state index contributed by atoms with van der Waals surface area (Å²) in [5.74, 6) is 0.552. The first kappa shape index (κ1) is 16.1. The average molecular weight is 344 g/mol. The predicted molar refractivity (Wildman–Crippen MR) is 78.1 cm³/mol. The second kappa shape index (κ2) is 6.40. The molecule has 0 aliphatic carbocycles. The number of aromatic nitrogens is 3. The van der Waals surface area contributed by atoms with Crippen molar-refractivity contribution in [1.82, 2.24) is 19.9 Å². The summed E-state index contributed by atoms with van der Waals surface area (Å²) in [6.07, 6.45) is -2.18. The van der Waals surface area contributed by atoms with E-state index < -0.39 is 11.2 Å². The number of nitrogens with zero attached hydrogens (tertiary/aromatic N) is 4. The number of hydrogen-bond acceptors (Lipinski definition) is 6. The van der Waals surface area contributed by atoms with E-state index in [0.29, 0.717) is 55.6 Å². The molecule has 5 nitrogen and oxygen atoms in total. The van der Waals surface area contributed by atoms with Gasteiger partial charge in [0.15, 0.2) is 5.01 Å². The van der Waals surface area contributed by atoms with E-state index in [0.717, 1.165) is 11.3 Å². The smallest absolute Gasteiger partial charge is 0.443 e. The lowest BCUT2D eigenvalue weighted by molar-refractivity contribution is -0.137. The van der Waals surface area contributed by atoms with Crippen LogP contribution < -0.4 is 4.74 Å². The van der Waals surface area contributed by atoms with E-state index >= 15 is 0 Å². The maximum atomic E-state index is 12.6. The van der Waals surface area contributed by atoms with Crippen molar-refractivity contribution in [3.05, 3.63) is 33.7 Å². The topological polar surface area (TPSA) is 51.1 Å². The third-order valence-electron chi connectivity index (χ3n) is 3.50. The number of rotatable bonds is 4. The van der Waals surface area contributed by atoms with E-state index in [9.17, 15) is 13.2 Å². The van der Waals surface area contributed by atoms with E-state index in [4.69, 9.17) is 4.74 Å². The SMILES string of the molecule is CCOc1ncnc2c1CN(Cc1csc(C(F)(F)F)n1)CC2. The van der Waals surface area contributed by atoms with E-state index in [1.807, 2.05) is 11.8 Å². The molecule has 0 radical (unpaired) electrons. The molecule has 0 aromatic carbocycles. The molecule has 23 heavy (non-hydrogen) atoms. The van der Waals surface area contributed by atoms with Crippen LogP contribution in [-0.4, -0.2) is 33.0 Å². The van der Waals surface area contributed by atoms with Crippen LogP contribution in [0.25, 0.3) is 0 Å². The second-order valence-corrected chi connectivity index (χ2v) is 6.00. The highest BCUT2D eigenvalue weighted by atomic mass is 32.1. The molecule has 0 atom stereocenters. The summed E-state index contributed by atoms with van der Waals surface area (Å²) in [5, 5.41) is 0.659. The summed E-state index contributed by atoms with van der Waals surface area (Å²) in [6, 6.07) is 0. The van der Waals surface area contributed by atoms with Crippen LogP contribution in [0.2, 0.25) is 0 Å². The molecular formula is C14H15F3N4OS. The van der Waals surface area contributed by atoms with Gasteiger partial charge in [-0.2, -0.15) is 13.2 Å². The van der Waals surface area contributed by atoms with E-state index in [1.165, 1.54) is 11.7 Å². The summed E-state index contributed by atoms with van der Waals surface area (Å²) < 4.78 is 43.4. The molecule has 2 aromatic heterocycles. The minimum atomic E-state index is -4.38. The third kappa shape index (κ3) is 3.61. The molecule has 9 heteroatoms. The number of thiazole rings is 1. The molecule has 0 spiro atoms. The van der Waals surface area contributed by atoms with Gasteiger partial charge in [0.2, 0.25) is 5.88 Å². The van der Waals surface area contributed by atoms with Gasteiger partial charge in [0.25, 0.3) is 0 Å².